The first-order chi connectivity index (χ1) is 27.9. The number of benzene rings is 9. The smallest absolute Gasteiger partial charge is 0.0669 e. The molecule has 9 aromatic carbocycles. The Labute approximate surface area is 336 Å². The van der Waals surface area contributed by atoms with Gasteiger partial charge in [-0.1, -0.05) is 135 Å². The van der Waals surface area contributed by atoms with Crippen LogP contribution in [0, 0.1) is 0 Å². The monoisotopic (exact) mass is 748 g/mol. The van der Waals surface area contributed by atoms with Gasteiger partial charge in [0.05, 0.1) is 8.07 Å². The molecular formula is C54H44N2Si. The summed E-state index contributed by atoms with van der Waals surface area (Å²) in [5.41, 5.74) is 13.8. The van der Waals surface area contributed by atoms with Crippen molar-refractivity contribution < 1.29 is 0 Å². The summed E-state index contributed by atoms with van der Waals surface area (Å²) in [7, 11) is -2.09. The van der Waals surface area contributed by atoms with Crippen molar-refractivity contribution in [2.45, 2.75) is 24.7 Å². The Morgan fingerprint density at radius 1 is 0.316 bits per heavy atom. The summed E-state index contributed by atoms with van der Waals surface area (Å²) in [5.74, 6) is 0. The van der Waals surface area contributed by atoms with Crippen LogP contribution < -0.4 is 9.80 Å². The van der Waals surface area contributed by atoms with E-state index in [-0.39, 0.29) is 5.04 Å². The fourth-order valence-corrected chi connectivity index (χ4v) is 12.6. The summed E-state index contributed by atoms with van der Waals surface area (Å²) >= 11 is 0. The standard InChI is InChI=1S/C54H44N2Si/c1-57(2,3)54(43-19-9-4-10-20-43)52-37-41-33-48(55(44-21-11-5-12-22-44)45-23-13-6-14-24-45)31-29-39(41)35-50(52)51-36-40-30-32-49(34-42(40)38-53(51)54)56(46-25-15-7-16-26-46)47-27-17-8-18-28-47/h4-38H,1-3H3. The van der Waals surface area contributed by atoms with Crippen molar-refractivity contribution >= 4 is 63.7 Å². The maximum atomic E-state index is 2.55. The lowest BCUT2D eigenvalue weighted by atomic mass is 9.86. The van der Waals surface area contributed by atoms with Crippen molar-refractivity contribution in [2.75, 3.05) is 9.80 Å². The molecule has 0 N–H and O–H groups in total. The van der Waals surface area contributed by atoms with Gasteiger partial charge in [-0.25, -0.2) is 0 Å². The summed E-state index contributed by atoms with van der Waals surface area (Å²) in [6.07, 6.45) is 0. The third-order valence-electron chi connectivity index (χ3n) is 11.9. The quantitative estimate of drug-likeness (QED) is 0.143. The molecule has 1 aliphatic rings. The van der Waals surface area contributed by atoms with Gasteiger partial charge >= 0.3 is 0 Å². The lowest BCUT2D eigenvalue weighted by Gasteiger charge is -2.43. The number of fused-ring (bicyclic) bond motifs is 5. The average molecular weight is 749 g/mol. The Kier molecular flexibility index (Phi) is 8.42. The van der Waals surface area contributed by atoms with Gasteiger partial charge in [0.2, 0.25) is 0 Å². The van der Waals surface area contributed by atoms with Gasteiger partial charge < -0.3 is 9.80 Å². The van der Waals surface area contributed by atoms with Gasteiger partial charge in [0, 0.05) is 39.2 Å². The van der Waals surface area contributed by atoms with Crippen LogP contribution in [0.5, 0.6) is 0 Å². The molecule has 10 rings (SSSR count). The van der Waals surface area contributed by atoms with E-state index in [1.807, 2.05) is 0 Å². The van der Waals surface area contributed by atoms with Crippen LogP contribution >= 0.6 is 0 Å². The van der Waals surface area contributed by atoms with Crippen LogP contribution in [-0.2, 0) is 5.04 Å². The predicted octanol–water partition coefficient (Wildman–Crippen LogP) is 15.1. The van der Waals surface area contributed by atoms with Gasteiger partial charge in [0.15, 0.2) is 0 Å². The third-order valence-corrected chi connectivity index (χ3v) is 15.0. The molecule has 0 saturated carbocycles. The molecule has 9 aromatic rings. The van der Waals surface area contributed by atoms with Crippen molar-refractivity contribution in [3.63, 3.8) is 0 Å². The Hall–Kier alpha value is -6.68. The Morgan fingerprint density at radius 3 is 0.982 bits per heavy atom. The second-order valence-electron chi connectivity index (χ2n) is 16.2. The zero-order valence-corrected chi connectivity index (χ0v) is 33.6. The minimum Gasteiger partial charge on any atom is -0.310 e. The van der Waals surface area contributed by atoms with E-state index in [0.29, 0.717) is 0 Å². The lowest BCUT2D eigenvalue weighted by molar-refractivity contribution is 0.859. The zero-order valence-electron chi connectivity index (χ0n) is 32.6. The molecule has 0 unspecified atom stereocenters. The third kappa shape index (κ3) is 5.77. The van der Waals surface area contributed by atoms with Crippen LogP contribution in [-0.4, -0.2) is 8.07 Å². The van der Waals surface area contributed by atoms with E-state index in [1.165, 1.54) is 49.4 Å². The van der Waals surface area contributed by atoms with E-state index >= 15 is 0 Å². The van der Waals surface area contributed by atoms with Crippen LogP contribution in [0.2, 0.25) is 19.6 Å². The molecule has 1 aliphatic carbocycles. The molecule has 57 heavy (non-hydrogen) atoms. The Morgan fingerprint density at radius 2 is 0.649 bits per heavy atom. The van der Waals surface area contributed by atoms with Crippen molar-refractivity contribution in [1.29, 1.82) is 0 Å². The highest BCUT2D eigenvalue weighted by Gasteiger charge is 2.53. The normalized spacial score (nSPS) is 13.0. The molecule has 0 bridgehead atoms. The highest BCUT2D eigenvalue weighted by molar-refractivity contribution is 6.81. The predicted molar refractivity (Wildman–Crippen MR) is 246 cm³/mol. The van der Waals surface area contributed by atoms with E-state index in [9.17, 15) is 0 Å². The van der Waals surface area contributed by atoms with E-state index in [0.717, 1.165) is 34.1 Å². The first-order valence-electron chi connectivity index (χ1n) is 19.9. The number of para-hydroxylation sites is 4. The summed E-state index contributed by atoms with van der Waals surface area (Å²) in [6, 6.07) is 78.1. The number of hydrogen-bond acceptors (Lipinski definition) is 2. The SMILES string of the molecule is C[Si](C)(C)C1(c2ccccc2)c2cc3cc(N(c4ccccc4)c4ccccc4)ccc3cc2-c2cc3ccc(N(c4ccccc4)c4ccccc4)cc3cc21. The van der Waals surface area contributed by atoms with Crippen molar-refractivity contribution in [1.82, 2.24) is 0 Å². The van der Waals surface area contributed by atoms with Crippen molar-refractivity contribution in [3.8, 4) is 11.1 Å². The highest BCUT2D eigenvalue weighted by Crippen LogP contribution is 2.59. The maximum Gasteiger partial charge on any atom is 0.0669 e. The Bertz CT molecular complexity index is 2620. The van der Waals surface area contributed by atoms with Gasteiger partial charge in [-0.2, -0.15) is 0 Å². The minimum atomic E-state index is -2.09. The van der Waals surface area contributed by atoms with Gasteiger partial charge in [-0.3, -0.25) is 0 Å². The van der Waals surface area contributed by atoms with Gasteiger partial charge in [-0.05, 0) is 146 Å². The molecule has 3 heteroatoms. The van der Waals surface area contributed by atoms with Crippen LogP contribution in [0.15, 0.2) is 212 Å². The molecule has 0 spiro atoms. The number of rotatable bonds is 8. The molecule has 0 amide bonds. The van der Waals surface area contributed by atoms with Crippen molar-refractivity contribution in [2.24, 2.45) is 0 Å². The minimum absolute atomic E-state index is 0.273. The Balaban J connectivity index is 1.20. The molecule has 0 fully saturated rings. The van der Waals surface area contributed by atoms with Crippen LogP contribution in [0.1, 0.15) is 16.7 Å². The largest absolute Gasteiger partial charge is 0.310 e. The zero-order chi connectivity index (χ0) is 38.6. The molecule has 0 saturated heterocycles. The van der Waals surface area contributed by atoms with Crippen LogP contribution in [0.4, 0.5) is 34.1 Å². The first-order valence-corrected chi connectivity index (χ1v) is 23.4. The van der Waals surface area contributed by atoms with Gasteiger partial charge in [-0.15, -0.1) is 0 Å². The number of hydrogen-bond donors (Lipinski definition) is 0. The first kappa shape index (κ1) is 34.8. The molecule has 0 aliphatic heterocycles. The van der Waals surface area contributed by atoms with Crippen molar-refractivity contribution in [3.05, 3.63) is 229 Å². The summed E-state index contributed by atoms with van der Waals surface area (Å²) in [6.45, 7) is 7.66. The highest BCUT2D eigenvalue weighted by atomic mass is 28.3. The summed E-state index contributed by atoms with van der Waals surface area (Å²) in [4.78, 5) is 4.73. The molecule has 2 nitrogen and oxygen atoms in total. The van der Waals surface area contributed by atoms with Crippen LogP contribution in [0.3, 0.4) is 0 Å². The fraction of sp³-hybridized carbons (Fsp3) is 0.0741. The summed E-state index contributed by atoms with van der Waals surface area (Å²) in [5, 5.41) is 4.73. The molecule has 0 aromatic heterocycles. The molecular weight excluding hydrogens is 705 g/mol. The lowest BCUT2D eigenvalue weighted by Crippen LogP contribution is -2.50. The van der Waals surface area contributed by atoms with Gasteiger partial charge in [0.1, 0.15) is 0 Å². The van der Waals surface area contributed by atoms with E-state index < -0.39 is 8.07 Å². The van der Waals surface area contributed by atoms with E-state index in [1.54, 1.807) is 0 Å². The second kappa shape index (κ2) is 13.8. The molecule has 0 atom stereocenters. The second-order valence-corrected chi connectivity index (χ2v) is 21.5. The molecule has 0 radical (unpaired) electrons. The summed E-state index contributed by atoms with van der Waals surface area (Å²) < 4.78 is 0. The number of nitrogens with zero attached hydrogens (tertiary/aromatic N) is 2. The van der Waals surface area contributed by atoms with E-state index in [2.05, 4.69) is 242 Å². The molecule has 274 valence electrons. The van der Waals surface area contributed by atoms with Crippen LogP contribution in [0.25, 0.3) is 32.7 Å². The maximum absolute atomic E-state index is 2.55. The van der Waals surface area contributed by atoms with E-state index in [4.69, 9.17) is 0 Å². The number of anilines is 6. The molecule has 0 heterocycles. The average Bonchev–Trinajstić information content (AvgIpc) is 3.53. The fourth-order valence-electron chi connectivity index (χ4n) is 9.50. The van der Waals surface area contributed by atoms with Gasteiger partial charge in [0.25, 0.3) is 0 Å². The topological polar surface area (TPSA) is 6.48 Å².